The average Bonchev–Trinajstić information content (AvgIpc) is 2.73. The largest absolute Gasteiger partial charge is 0.414 e. The maximum Gasteiger partial charge on any atom is 0.396 e. The Morgan fingerprint density at radius 1 is 1.15 bits per heavy atom. The van der Waals surface area contributed by atoms with E-state index >= 15 is 0 Å². The van der Waals surface area contributed by atoms with Crippen LogP contribution in [0.5, 0.6) is 0 Å². The van der Waals surface area contributed by atoms with Gasteiger partial charge in [-0.25, -0.2) is 4.79 Å². The third-order valence-corrected chi connectivity index (χ3v) is 4.45. The van der Waals surface area contributed by atoms with Gasteiger partial charge in [0.1, 0.15) is 5.58 Å². The van der Waals surface area contributed by atoms with Crippen molar-refractivity contribution in [2.75, 3.05) is 5.32 Å². The second kappa shape index (κ2) is 5.41. The van der Waals surface area contributed by atoms with Gasteiger partial charge in [-0.2, -0.15) is 0 Å². The maximum absolute atomic E-state index is 11.2. The Labute approximate surface area is 136 Å². The van der Waals surface area contributed by atoms with Crippen LogP contribution in [0.3, 0.4) is 0 Å². The van der Waals surface area contributed by atoms with Crippen molar-refractivity contribution in [2.45, 2.75) is 0 Å². The molecule has 1 aromatic heterocycles. The first-order chi connectivity index (χ1) is 9.52. The fourth-order valence-corrected chi connectivity index (χ4v) is 3.77. The molecule has 0 radical (unpaired) electrons. The molecule has 3 nitrogen and oxygen atoms in total. The third-order valence-electron chi connectivity index (χ3n) is 2.61. The number of hydrogen-bond donors (Lipinski definition) is 1. The number of rotatable bonds is 2. The first-order valence-corrected chi connectivity index (χ1v) is 7.85. The van der Waals surface area contributed by atoms with Crippen LogP contribution in [0, 0.1) is 0 Å². The molecule has 3 rings (SSSR count). The summed E-state index contributed by atoms with van der Waals surface area (Å²) in [6, 6.07) is 8.86. The second-order valence-corrected chi connectivity index (χ2v) is 6.69. The zero-order chi connectivity index (χ0) is 14.3. The lowest BCUT2D eigenvalue weighted by Gasteiger charge is -2.10. The number of fused-ring (bicyclic) bond motifs is 1. The Morgan fingerprint density at radius 3 is 2.55 bits per heavy atom. The monoisotopic (exact) mass is 389 g/mol. The molecule has 1 N–H and O–H groups in total. The van der Waals surface area contributed by atoms with Crippen LogP contribution in [0.2, 0.25) is 10.0 Å². The molecule has 0 spiro atoms. The van der Waals surface area contributed by atoms with Gasteiger partial charge in [-0.1, -0.05) is 50.5 Å². The van der Waals surface area contributed by atoms with Crippen molar-refractivity contribution in [3.8, 4) is 0 Å². The summed E-state index contributed by atoms with van der Waals surface area (Å²) >= 11 is 16.7. The number of benzene rings is 2. The van der Waals surface area contributed by atoms with Crippen molar-refractivity contribution in [2.24, 2.45) is 0 Å². The smallest absolute Gasteiger partial charge is 0.396 e. The molecule has 2 aromatic carbocycles. The van der Waals surface area contributed by atoms with Crippen LogP contribution in [-0.4, -0.2) is 0 Å². The fourth-order valence-electron chi connectivity index (χ4n) is 1.76. The molecule has 7 heteroatoms. The predicted molar refractivity (Wildman–Crippen MR) is 87.8 cm³/mol. The lowest BCUT2D eigenvalue weighted by atomic mass is 10.2. The minimum absolute atomic E-state index is 0.322. The topological polar surface area (TPSA) is 42.2 Å². The average molecular weight is 391 g/mol. The molecule has 0 saturated carbocycles. The highest BCUT2D eigenvalue weighted by atomic mass is 79.9. The molecule has 3 aromatic rings. The van der Waals surface area contributed by atoms with Gasteiger partial charge in [0.05, 0.1) is 20.4 Å². The molecule has 0 atom stereocenters. The van der Waals surface area contributed by atoms with Crippen molar-refractivity contribution < 1.29 is 4.42 Å². The Kier molecular flexibility index (Phi) is 3.77. The van der Waals surface area contributed by atoms with E-state index in [2.05, 4.69) is 21.2 Å². The Bertz CT molecular complexity index is 836. The summed E-state index contributed by atoms with van der Waals surface area (Å²) in [5, 5.41) is 4.16. The highest BCUT2D eigenvalue weighted by molar-refractivity contribution is 9.10. The highest BCUT2D eigenvalue weighted by Crippen LogP contribution is 2.36. The molecule has 0 fully saturated rings. The number of anilines is 2. The molecule has 0 aliphatic rings. The van der Waals surface area contributed by atoms with Gasteiger partial charge in [0.15, 0.2) is 0 Å². The van der Waals surface area contributed by atoms with Gasteiger partial charge < -0.3 is 9.73 Å². The number of hydrogen-bond acceptors (Lipinski definition) is 4. The summed E-state index contributed by atoms with van der Waals surface area (Å²) in [4.78, 5) is 10.9. The first-order valence-electron chi connectivity index (χ1n) is 5.48. The third kappa shape index (κ3) is 2.72. The minimum Gasteiger partial charge on any atom is -0.414 e. The maximum atomic E-state index is 11.2. The predicted octanol–water partition coefficient (Wildman–Crippen LogP) is 5.67. The first kappa shape index (κ1) is 13.9. The van der Waals surface area contributed by atoms with Crippen LogP contribution >= 0.6 is 50.5 Å². The second-order valence-electron chi connectivity index (χ2n) is 3.99. The molecule has 0 amide bonds. The Hall–Kier alpha value is -1.01. The van der Waals surface area contributed by atoms with E-state index in [1.165, 1.54) is 0 Å². The highest BCUT2D eigenvalue weighted by Gasteiger charge is 2.09. The molecule has 0 aliphatic heterocycles. The van der Waals surface area contributed by atoms with Crippen LogP contribution in [0.15, 0.2) is 44.0 Å². The van der Waals surface area contributed by atoms with Gasteiger partial charge in [-0.3, -0.25) is 0 Å². The summed E-state index contributed by atoms with van der Waals surface area (Å²) in [6.07, 6.45) is 0. The van der Waals surface area contributed by atoms with E-state index in [1.54, 1.807) is 24.3 Å². The van der Waals surface area contributed by atoms with Gasteiger partial charge in [0, 0.05) is 10.2 Å². The SMILES string of the molecule is O=c1oc2ccc(Nc3c(Cl)cc(Br)cc3Cl)cc2s1. The summed E-state index contributed by atoms with van der Waals surface area (Å²) in [5.74, 6) is 0. The summed E-state index contributed by atoms with van der Waals surface area (Å²) in [7, 11) is 0. The van der Waals surface area contributed by atoms with E-state index < -0.39 is 0 Å². The quantitative estimate of drug-likeness (QED) is 0.613. The Morgan fingerprint density at radius 2 is 1.85 bits per heavy atom. The summed E-state index contributed by atoms with van der Waals surface area (Å²) in [6.45, 7) is 0. The van der Waals surface area contributed by atoms with E-state index in [-0.39, 0.29) is 4.94 Å². The van der Waals surface area contributed by atoms with E-state index in [0.29, 0.717) is 21.3 Å². The van der Waals surface area contributed by atoms with E-state index in [0.717, 1.165) is 26.2 Å². The van der Waals surface area contributed by atoms with Crippen LogP contribution in [0.25, 0.3) is 10.3 Å². The van der Waals surface area contributed by atoms with Gasteiger partial charge >= 0.3 is 4.94 Å². The molecular weight excluding hydrogens is 385 g/mol. The molecule has 0 unspecified atom stereocenters. The summed E-state index contributed by atoms with van der Waals surface area (Å²) < 4.78 is 6.59. The van der Waals surface area contributed by atoms with E-state index in [9.17, 15) is 4.79 Å². The van der Waals surface area contributed by atoms with Gasteiger partial charge in [-0.15, -0.1) is 0 Å². The molecule has 20 heavy (non-hydrogen) atoms. The normalized spacial score (nSPS) is 10.9. The fraction of sp³-hybridized carbons (Fsp3) is 0. The van der Waals surface area contributed by atoms with Gasteiger partial charge in [0.2, 0.25) is 0 Å². The van der Waals surface area contributed by atoms with Crippen molar-refractivity contribution in [3.05, 3.63) is 54.6 Å². The van der Waals surface area contributed by atoms with Gasteiger partial charge in [-0.05, 0) is 30.3 Å². The number of halogens is 3. The van der Waals surface area contributed by atoms with Crippen molar-refractivity contribution >= 4 is 72.1 Å². The van der Waals surface area contributed by atoms with Crippen molar-refractivity contribution in [3.63, 3.8) is 0 Å². The number of nitrogens with one attached hydrogen (secondary N) is 1. The molecular formula is C13H6BrCl2NO2S. The standard InChI is InChI=1S/C13H6BrCl2NO2S/c14-6-3-8(15)12(9(16)4-6)17-7-1-2-10-11(5-7)20-13(18)19-10/h1-5,17H. The molecule has 102 valence electrons. The van der Waals surface area contributed by atoms with Gasteiger partial charge in [0.25, 0.3) is 0 Å². The zero-order valence-corrected chi connectivity index (χ0v) is 13.7. The Balaban J connectivity index is 2.02. The van der Waals surface area contributed by atoms with E-state index in [1.807, 2.05) is 6.07 Å². The molecule has 1 heterocycles. The lowest BCUT2D eigenvalue weighted by Crippen LogP contribution is -1.92. The van der Waals surface area contributed by atoms with Crippen LogP contribution in [0.4, 0.5) is 11.4 Å². The van der Waals surface area contributed by atoms with Crippen molar-refractivity contribution in [1.29, 1.82) is 0 Å². The van der Waals surface area contributed by atoms with Crippen molar-refractivity contribution in [1.82, 2.24) is 0 Å². The van der Waals surface area contributed by atoms with E-state index in [4.69, 9.17) is 27.6 Å². The lowest BCUT2D eigenvalue weighted by molar-refractivity contribution is 0.585. The zero-order valence-electron chi connectivity index (χ0n) is 9.75. The molecule has 0 saturated heterocycles. The van der Waals surface area contributed by atoms with Crippen LogP contribution < -0.4 is 10.3 Å². The van der Waals surface area contributed by atoms with Crippen LogP contribution in [0.1, 0.15) is 0 Å². The summed E-state index contributed by atoms with van der Waals surface area (Å²) in [5.41, 5.74) is 1.96. The molecule has 0 aliphatic carbocycles. The van der Waals surface area contributed by atoms with Crippen LogP contribution in [-0.2, 0) is 0 Å². The molecule has 0 bridgehead atoms. The minimum atomic E-state index is -0.322.